The Labute approximate surface area is 66.0 Å². The molecular formula is C8H14O3. The maximum atomic E-state index is 10.5. The van der Waals surface area contributed by atoms with Crippen LogP contribution in [0.3, 0.4) is 0 Å². The molecule has 0 bridgehead atoms. The molecule has 2 N–H and O–H groups in total. The zero-order chi connectivity index (χ0) is 8.48. The molecule has 3 nitrogen and oxygen atoms in total. The number of aliphatic hydroxyl groups is 1. The van der Waals surface area contributed by atoms with Gasteiger partial charge in [-0.05, 0) is 25.2 Å². The first-order chi connectivity index (χ1) is 5.08. The van der Waals surface area contributed by atoms with Crippen molar-refractivity contribution in [1.29, 1.82) is 0 Å². The third-order valence-electron chi connectivity index (χ3n) is 2.57. The van der Waals surface area contributed by atoms with Gasteiger partial charge in [0.15, 0.2) is 5.60 Å². The minimum atomic E-state index is -1.42. The van der Waals surface area contributed by atoms with Gasteiger partial charge in [0.25, 0.3) is 0 Å². The van der Waals surface area contributed by atoms with Gasteiger partial charge in [-0.15, -0.1) is 0 Å². The molecule has 1 fully saturated rings. The van der Waals surface area contributed by atoms with Crippen LogP contribution < -0.4 is 0 Å². The summed E-state index contributed by atoms with van der Waals surface area (Å²) in [7, 11) is 0. The molecule has 0 aromatic heterocycles. The minimum absolute atomic E-state index is 0.399. The first-order valence-corrected chi connectivity index (χ1v) is 4.04. The van der Waals surface area contributed by atoms with Crippen LogP contribution in [0.15, 0.2) is 0 Å². The average Bonchev–Trinajstić information content (AvgIpc) is 2.33. The lowest BCUT2D eigenvalue weighted by atomic mass is 9.99. The highest BCUT2D eigenvalue weighted by molar-refractivity contribution is 5.77. The van der Waals surface area contributed by atoms with E-state index in [-0.39, 0.29) is 0 Å². The monoisotopic (exact) mass is 158 g/mol. The van der Waals surface area contributed by atoms with E-state index in [0.717, 1.165) is 12.8 Å². The Bertz CT molecular complexity index is 167. The second-order valence-electron chi connectivity index (χ2n) is 3.35. The number of hydrogen-bond donors (Lipinski definition) is 2. The van der Waals surface area contributed by atoms with E-state index >= 15 is 0 Å². The van der Waals surface area contributed by atoms with Crippen molar-refractivity contribution in [1.82, 2.24) is 0 Å². The van der Waals surface area contributed by atoms with Gasteiger partial charge in [-0.25, -0.2) is 4.79 Å². The molecule has 0 amide bonds. The van der Waals surface area contributed by atoms with Crippen LogP contribution in [0, 0.1) is 5.92 Å². The molecule has 0 radical (unpaired) electrons. The predicted molar refractivity (Wildman–Crippen MR) is 40.2 cm³/mol. The summed E-state index contributed by atoms with van der Waals surface area (Å²) in [5.41, 5.74) is -1.42. The summed E-state index contributed by atoms with van der Waals surface area (Å²) in [5.74, 6) is -0.662. The molecular weight excluding hydrogens is 144 g/mol. The van der Waals surface area contributed by atoms with Crippen LogP contribution in [0.25, 0.3) is 0 Å². The van der Waals surface area contributed by atoms with Crippen LogP contribution in [0.2, 0.25) is 0 Å². The lowest BCUT2D eigenvalue weighted by molar-refractivity contribution is -0.158. The van der Waals surface area contributed by atoms with E-state index in [9.17, 15) is 9.90 Å². The van der Waals surface area contributed by atoms with Crippen molar-refractivity contribution in [2.75, 3.05) is 0 Å². The topological polar surface area (TPSA) is 57.5 Å². The molecule has 0 aromatic carbocycles. The highest BCUT2D eigenvalue weighted by Crippen LogP contribution is 2.36. The molecule has 0 unspecified atom stereocenters. The van der Waals surface area contributed by atoms with Crippen LogP contribution in [-0.2, 0) is 4.79 Å². The van der Waals surface area contributed by atoms with Crippen LogP contribution in [0.1, 0.15) is 32.6 Å². The van der Waals surface area contributed by atoms with Crippen LogP contribution in [0.4, 0.5) is 0 Å². The fourth-order valence-electron chi connectivity index (χ4n) is 1.67. The zero-order valence-electron chi connectivity index (χ0n) is 6.71. The lowest BCUT2D eigenvalue weighted by Crippen LogP contribution is -2.35. The molecule has 0 saturated heterocycles. The molecule has 3 heteroatoms. The van der Waals surface area contributed by atoms with Gasteiger partial charge in [-0.2, -0.15) is 0 Å². The summed E-state index contributed by atoms with van der Waals surface area (Å²) < 4.78 is 0. The van der Waals surface area contributed by atoms with Crippen LogP contribution >= 0.6 is 0 Å². The molecule has 0 heterocycles. The molecule has 1 rings (SSSR count). The van der Waals surface area contributed by atoms with E-state index < -0.39 is 11.6 Å². The molecule has 64 valence electrons. The summed E-state index contributed by atoms with van der Waals surface area (Å²) in [4.78, 5) is 10.5. The number of carbonyl (C=O) groups is 1. The third kappa shape index (κ3) is 1.53. The molecule has 0 spiro atoms. The van der Waals surface area contributed by atoms with Crippen molar-refractivity contribution >= 4 is 5.97 Å². The molecule has 11 heavy (non-hydrogen) atoms. The fraction of sp³-hybridized carbons (Fsp3) is 0.875. The summed E-state index contributed by atoms with van der Waals surface area (Å²) in [5, 5.41) is 18.1. The Balaban J connectivity index is 2.57. The lowest BCUT2D eigenvalue weighted by Gasteiger charge is -2.15. The molecule has 0 aromatic rings. The highest BCUT2D eigenvalue weighted by atomic mass is 16.4. The van der Waals surface area contributed by atoms with Gasteiger partial charge >= 0.3 is 5.97 Å². The molecule has 1 aliphatic rings. The quantitative estimate of drug-likeness (QED) is 0.630. The van der Waals surface area contributed by atoms with Gasteiger partial charge in [-0.1, -0.05) is 13.3 Å². The van der Waals surface area contributed by atoms with Gasteiger partial charge in [0.1, 0.15) is 0 Å². The van der Waals surface area contributed by atoms with Crippen molar-refractivity contribution in [2.24, 2.45) is 5.92 Å². The number of rotatable bonds is 2. The Hall–Kier alpha value is -0.570. The van der Waals surface area contributed by atoms with Crippen molar-refractivity contribution in [3.8, 4) is 0 Å². The summed E-state index contributed by atoms with van der Waals surface area (Å²) >= 11 is 0. The molecule has 0 aliphatic heterocycles. The first-order valence-electron chi connectivity index (χ1n) is 4.04. The van der Waals surface area contributed by atoms with E-state index in [1.807, 2.05) is 6.92 Å². The standard InChI is InChI=1S/C8H14O3/c1-2-6-3-4-8(11,5-6)7(9)10/h6,11H,2-5H2,1H3,(H,9,10)/t6-,8+/m0/s1. The van der Waals surface area contributed by atoms with Crippen molar-refractivity contribution in [3.05, 3.63) is 0 Å². The first kappa shape index (κ1) is 8.53. The van der Waals surface area contributed by atoms with Gasteiger partial charge in [0.05, 0.1) is 0 Å². The second-order valence-corrected chi connectivity index (χ2v) is 3.35. The smallest absolute Gasteiger partial charge is 0.335 e. The van der Waals surface area contributed by atoms with Gasteiger partial charge in [-0.3, -0.25) is 0 Å². The Morgan fingerprint density at radius 2 is 2.36 bits per heavy atom. The highest BCUT2D eigenvalue weighted by Gasteiger charge is 2.42. The van der Waals surface area contributed by atoms with E-state index in [1.165, 1.54) is 0 Å². The van der Waals surface area contributed by atoms with Gasteiger partial charge in [0.2, 0.25) is 0 Å². The maximum Gasteiger partial charge on any atom is 0.335 e. The average molecular weight is 158 g/mol. The largest absolute Gasteiger partial charge is 0.479 e. The van der Waals surface area contributed by atoms with Crippen molar-refractivity contribution < 1.29 is 15.0 Å². The van der Waals surface area contributed by atoms with E-state index in [0.29, 0.717) is 18.8 Å². The minimum Gasteiger partial charge on any atom is -0.479 e. The van der Waals surface area contributed by atoms with Gasteiger partial charge < -0.3 is 10.2 Å². The molecule has 1 aliphatic carbocycles. The third-order valence-corrected chi connectivity index (χ3v) is 2.57. The fourth-order valence-corrected chi connectivity index (χ4v) is 1.67. The number of carboxylic acids is 1. The van der Waals surface area contributed by atoms with E-state index in [4.69, 9.17) is 5.11 Å². The van der Waals surface area contributed by atoms with Crippen molar-refractivity contribution in [3.63, 3.8) is 0 Å². The Kier molecular flexibility index (Phi) is 2.18. The number of carboxylic acid groups (broad SMARTS) is 1. The van der Waals surface area contributed by atoms with Crippen LogP contribution in [0.5, 0.6) is 0 Å². The van der Waals surface area contributed by atoms with E-state index in [1.54, 1.807) is 0 Å². The molecule has 2 atom stereocenters. The van der Waals surface area contributed by atoms with Crippen molar-refractivity contribution in [2.45, 2.75) is 38.2 Å². The second kappa shape index (κ2) is 2.81. The van der Waals surface area contributed by atoms with Crippen LogP contribution in [-0.4, -0.2) is 21.8 Å². The number of hydrogen-bond acceptors (Lipinski definition) is 2. The predicted octanol–water partition coefficient (Wildman–Crippen LogP) is 1.01. The van der Waals surface area contributed by atoms with E-state index in [2.05, 4.69) is 0 Å². The SMILES string of the molecule is CC[C@H]1CC[C@](O)(C(=O)O)C1. The Morgan fingerprint density at radius 1 is 1.73 bits per heavy atom. The normalized spacial score (nSPS) is 37.5. The summed E-state index contributed by atoms with van der Waals surface area (Å²) in [6.07, 6.45) is 2.66. The maximum absolute atomic E-state index is 10.5. The summed E-state index contributed by atoms with van der Waals surface area (Å²) in [6, 6.07) is 0. The summed E-state index contributed by atoms with van der Waals surface area (Å²) in [6.45, 7) is 2.03. The Morgan fingerprint density at radius 3 is 2.64 bits per heavy atom. The number of aliphatic carboxylic acids is 1. The van der Waals surface area contributed by atoms with Gasteiger partial charge in [0, 0.05) is 0 Å². The molecule has 1 saturated carbocycles. The zero-order valence-corrected chi connectivity index (χ0v) is 6.71.